The van der Waals surface area contributed by atoms with Gasteiger partial charge in [0.1, 0.15) is 0 Å². The smallest absolute Gasteiger partial charge is 0.312 e. The van der Waals surface area contributed by atoms with Crippen LogP contribution in [0.4, 0.5) is 0 Å². The third-order valence-electron chi connectivity index (χ3n) is 12.8. The zero-order chi connectivity index (χ0) is 25.8. The fourth-order valence-electron chi connectivity index (χ4n) is 10.5. The minimum atomic E-state index is -1.15. The van der Waals surface area contributed by atoms with E-state index >= 15 is 0 Å². The Balaban J connectivity index is 1.60. The first-order valence-corrected chi connectivity index (χ1v) is 13.7. The van der Waals surface area contributed by atoms with Crippen molar-refractivity contribution in [3.63, 3.8) is 0 Å². The number of allylic oxidation sites excluding steroid dienone is 1. The maximum absolute atomic E-state index is 12.7. The van der Waals surface area contributed by atoms with Crippen molar-refractivity contribution in [2.75, 3.05) is 0 Å². The Morgan fingerprint density at radius 1 is 0.857 bits per heavy atom. The van der Waals surface area contributed by atoms with Crippen molar-refractivity contribution in [3.05, 3.63) is 11.6 Å². The van der Waals surface area contributed by atoms with Gasteiger partial charge in [-0.1, -0.05) is 32.4 Å². The molecule has 0 spiro atoms. The molecule has 0 amide bonds. The van der Waals surface area contributed by atoms with E-state index in [1.807, 2.05) is 6.92 Å². The number of carboxylic acid groups (broad SMARTS) is 2. The predicted molar refractivity (Wildman–Crippen MR) is 131 cm³/mol. The highest BCUT2D eigenvalue weighted by atomic mass is 16.4. The molecule has 0 aromatic heterocycles. The molecule has 35 heavy (non-hydrogen) atoms. The van der Waals surface area contributed by atoms with Crippen molar-refractivity contribution in [3.8, 4) is 0 Å². The van der Waals surface area contributed by atoms with Crippen LogP contribution in [0.15, 0.2) is 11.6 Å². The predicted octanol–water partition coefficient (Wildman–Crippen LogP) is 4.88. The highest BCUT2D eigenvalue weighted by molar-refractivity contribution is 5.77. The molecule has 5 aliphatic rings. The van der Waals surface area contributed by atoms with E-state index in [0.717, 1.165) is 44.1 Å². The molecule has 196 valence electrons. The molecule has 4 N–H and O–H groups in total. The molecule has 0 saturated heterocycles. The lowest BCUT2D eigenvalue weighted by Crippen LogP contribution is -2.66. The van der Waals surface area contributed by atoms with E-state index in [1.54, 1.807) is 6.92 Å². The number of aliphatic hydroxyl groups is 2. The van der Waals surface area contributed by atoms with E-state index in [9.17, 15) is 30.0 Å². The second-order valence-electron chi connectivity index (χ2n) is 13.9. The normalized spacial score (nSPS) is 55.5. The molecule has 5 rings (SSSR count). The molecule has 4 fully saturated rings. The van der Waals surface area contributed by atoms with Crippen LogP contribution in [0.5, 0.6) is 0 Å². The molecule has 0 aromatic rings. The number of fused-ring (bicyclic) bond motifs is 7. The molecule has 11 atom stereocenters. The van der Waals surface area contributed by atoms with Gasteiger partial charge in [0.2, 0.25) is 0 Å². The molecule has 0 heterocycles. The summed E-state index contributed by atoms with van der Waals surface area (Å²) in [4.78, 5) is 25.2. The molecule has 6 heteroatoms. The number of aliphatic carboxylic acids is 2. The molecule has 5 aliphatic carbocycles. The van der Waals surface area contributed by atoms with Crippen LogP contribution in [0.2, 0.25) is 0 Å². The summed E-state index contributed by atoms with van der Waals surface area (Å²) < 4.78 is 0. The maximum Gasteiger partial charge on any atom is 0.312 e. The average Bonchev–Trinajstić information content (AvgIpc) is 2.78. The molecular formula is C29H44O6. The monoisotopic (exact) mass is 488 g/mol. The topological polar surface area (TPSA) is 115 Å². The van der Waals surface area contributed by atoms with E-state index in [1.165, 1.54) is 0 Å². The summed E-state index contributed by atoms with van der Waals surface area (Å²) in [6, 6.07) is 0. The van der Waals surface area contributed by atoms with Crippen LogP contribution < -0.4 is 0 Å². The number of carbonyl (C=O) groups is 2. The van der Waals surface area contributed by atoms with Crippen LogP contribution in [0.3, 0.4) is 0 Å². The van der Waals surface area contributed by atoms with Gasteiger partial charge in [0.15, 0.2) is 0 Å². The Morgan fingerprint density at radius 2 is 1.49 bits per heavy atom. The zero-order valence-electron chi connectivity index (χ0n) is 22.0. The van der Waals surface area contributed by atoms with E-state index in [4.69, 9.17) is 0 Å². The summed E-state index contributed by atoms with van der Waals surface area (Å²) in [6.45, 7) is 10.3. The van der Waals surface area contributed by atoms with Gasteiger partial charge in [-0.05, 0) is 106 Å². The van der Waals surface area contributed by atoms with Crippen molar-refractivity contribution >= 4 is 11.9 Å². The largest absolute Gasteiger partial charge is 0.481 e. The summed E-state index contributed by atoms with van der Waals surface area (Å²) in [5, 5.41) is 43.2. The van der Waals surface area contributed by atoms with Gasteiger partial charge in [0, 0.05) is 5.92 Å². The Kier molecular flexibility index (Phi) is 5.46. The van der Waals surface area contributed by atoms with E-state index in [-0.39, 0.29) is 40.4 Å². The van der Waals surface area contributed by atoms with Crippen LogP contribution in [0.1, 0.15) is 92.4 Å². The Bertz CT molecular complexity index is 970. The van der Waals surface area contributed by atoms with Crippen molar-refractivity contribution in [1.29, 1.82) is 0 Å². The lowest BCUT2D eigenvalue weighted by Gasteiger charge is -2.68. The summed E-state index contributed by atoms with van der Waals surface area (Å²) in [5.74, 6) is -1.62. The molecular weight excluding hydrogens is 444 g/mol. The summed E-state index contributed by atoms with van der Waals surface area (Å²) in [7, 11) is 0. The Morgan fingerprint density at radius 3 is 2.11 bits per heavy atom. The Hall–Kier alpha value is -1.40. The summed E-state index contributed by atoms with van der Waals surface area (Å²) >= 11 is 0. The van der Waals surface area contributed by atoms with Gasteiger partial charge in [-0.25, -0.2) is 0 Å². The van der Waals surface area contributed by atoms with Crippen molar-refractivity contribution in [2.24, 2.45) is 51.2 Å². The maximum atomic E-state index is 12.7. The standard InChI is InChI=1S/C29H44O6/c1-16-8-14-29(24(33)34)15-9-18-17(22(29)28(16,5)35)6-7-19-25(18,2)12-10-20-26(19,3)13-11-21(30)27(20,4)23(31)32/h6,16,18-22,30,35H,7-15H2,1-5H3,(H,31,32)(H,33,34). The lowest BCUT2D eigenvalue weighted by atomic mass is 9.36. The first kappa shape index (κ1) is 25.3. The van der Waals surface area contributed by atoms with Gasteiger partial charge in [-0.15, -0.1) is 0 Å². The van der Waals surface area contributed by atoms with Gasteiger partial charge in [0.25, 0.3) is 0 Å². The van der Waals surface area contributed by atoms with Gasteiger partial charge in [0.05, 0.1) is 22.5 Å². The first-order chi connectivity index (χ1) is 16.2. The first-order valence-electron chi connectivity index (χ1n) is 13.7. The minimum absolute atomic E-state index is 0.0366. The van der Waals surface area contributed by atoms with Gasteiger partial charge < -0.3 is 20.4 Å². The number of rotatable bonds is 2. The number of carboxylic acids is 2. The third kappa shape index (κ3) is 2.96. The SMILES string of the molecule is CC1CCC2(C(=O)O)CCC3C(=CCC4C3(C)CCC3C4(C)CCC(O)C3(C)C(=O)O)C2C1(C)O. The molecule has 0 bridgehead atoms. The van der Waals surface area contributed by atoms with Crippen molar-refractivity contribution in [2.45, 2.75) is 104 Å². The van der Waals surface area contributed by atoms with Crippen molar-refractivity contribution in [1.82, 2.24) is 0 Å². The van der Waals surface area contributed by atoms with Crippen LogP contribution in [0, 0.1) is 51.2 Å². The average molecular weight is 489 g/mol. The number of aliphatic hydroxyl groups excluding tert-OH is 1. The zero-order valence-corrected chi connectivity index (χ0v) is 22.0. The highest BCUT2D eigenvalue weighted by Crippen LogP contribution is 2.72. The Labute approximate surface area is 209 Å². The van der Waals surface area contributed by atoms with Gasteiger partial charge >= 0.3 is 11.9 Å². The fraction of sp³-hybridized carbons (Fsp3) is 0.862. The van der Waals surface area contributed by atoms with Crippen LogP contribution in [-0.4, -0.2) is 44.1 Å². The molecule has 6 nitrogen and oxygen atoms in total. The number of hydrogen-bond donors (Lipinski definition) is 4. The van der Waals surface area contributed by atoms with Crippen molar-refractivity contribution < 1.29 is 30.0 Å². The second-order valence-corrected chi connectivity index (χ2v) is 13.9. The third-order valence-corrected chi connectivity index (χ3v) is 12.8. The number of hydrogen-bond acceptors (Lipinski definition) is 4. The molecule has 4 saturated carbocycles. The van der Waals surface area contributed by atoms with E-state index in [0.29, 0.717) is 19.3 Å². The molecule has 0 radical (unpaired) electrons. The summed E-state index contributed by atoms with van der Waals surface area (Å²) in [6.07, 6.45) is 7.91. The van der Waals surface area contributed by atoms with Crippen LogP contribution >= 0.6 is 0 Å². The lowest BCUT2D eigenvalue weighted by molar-refractivity contribution is -0.212. The highest BCUT2D eigenvalue weighted by Gasteiger charge is 2.69. The minimum Gasteiger partial charge on any atom is -0.481 e. The van der Waals surface area contributed by atoms with Crippen LogP contribution in [0.25, 0.3) is 0 Å². The van der Waals surface area contributed by atoms with E-state index in [2.05, 4.69) is 26.8 Å². The van der Waals surface area contributed by atoms with Crippen LogP contribution in [-0.2, 0) is 9.59 Å². The quantitative estimate of drug-likeness (QED) is 0.412. The fourth-order valence-corrected chi connectivity index (χ4v) is 10.5. The molecule has 0 aromatic carbocycles. The van der Waals surface area contributed by atoms with Gasteiger partial charge in [-0.3, -0.25) is 9.59 Å². The van der Waals surface area contributed by atoms with E-state index < -0.39 is 34.5 Å². The second kappa shape index (κ2) is 7.56. The van der Waals surface area contributed by atoms with Gasteiger partial charge in [-0.2, -0.15) is 0 Å². The summed E-state index contributed by atoms with van der Waals surface area (Å²) in [5.41, 5.74) is -2.23. The molecule has 0 aliphatic heterocycles. The molecule has 11 unspecified atom stereocenters.